The van der Waals surface area contributed by atoms with Gasteiger partial charge in [0, 0.05) is 18.2 Å². The maximum atomic E-state index is 11.2. The molecular formula is C15H21N2O2. The van der Waals surface area contributed by atoms with Crippen LogP contribution in [0.15, 0.2) is 12.1 Å². The van der Waals surface area contributed by atoms with E-state index in [-0.39, 0.29) is 18.6 Å². The van der Waals surface area contributed by atoms with Crippen molar-refractivity contribution in [3.8, 4) is 0 Å². The van der Waals surface area contributed by atoms with E-state index >= 15 is 0 Å². The molecule has 0 aliphatic heterocycles. The van der Waals surface area contributed by atoms with Gasteiger partial charge in [0.05, 0.1) is 6.54 Å². The molecule has 1 fully saturated rings. The lowest BCUT2D eigenvalue weighted by Gasteiger charge is -2.17. The lowest BCUT2D eigenvalue weighted by Crippen LogP contribution is -2.24. The van der Waals surface area contributed by atoms with Crippen LogP contribution in [0.2, 0.25) is 0 Å². The summed E-state index contributed by atoms with van der Waals surface area (Å²) in [6.45, 7) is 4.14. The van der Waals surface area contributed by atoms with Gasteiger partial charge in [-0.2, -0.15) is 0 Å². The highest BCUT2D eigenvalue weighted by Gasteiger charge is 2.27. The Hall–Kier alpha value is -1.55. The summed E-state index contributed by atoms with van der Waals surface area (Å²) in [4.78, 5) is 11.2. The molecule has 4 nitrogen and oxygen atoms in total. The Morgan fingerprint density at radius 1 is 1.47 bits per heavy atom. The van der Waals surface area contributed by atoms with Crippen molar-refractivity contribution in [1.29, 1.82) is 0 Å². The van der Waals surface area contributed by atoms with Crippen LogP contribution in [0.4, 0.5) is 5.69 Å². The largest absolute Gasteiger partial charge is 0.461 e. The molecule has 103 valence electrons. The quantitative estimate of drug-likeness (QED) is 0.813. The van der Waals surface area contributed by atoms with E-state index in [1.54, 1.807) is 0 Å². The molecule has 19 heavy (non-hydrogen) atoms. The molecule has 1 aliphatic carbocycles. The fourth-order valence-corrected chi connectivity index (χ4v) is 2.46. The van der Waals surface area contributed by atoms with Crippen molar-refractivity contribution in [2.24, 2.45) is 5.73 Å². The van der Waals surface area contributed by atoms with E-state index in [4.69, 9.17) is 10.5 Å². The Morgan fingerprint density at radius 2 is 2.26 bits per heavy atom. The molecule has 2 atom stereocenters. The molecule has 2 rings (SSSR count). The van der Waals surface area contributed by atoms with Crippen molar-refractivity contribution in [2.45, 2.75) is 45.3 Å². The zero-order valence-electron chi connectivity index (χ0n) is 11.5. The summed E-state index contributed by atoms with van der Waals surface area (Å²) < 4.78 is 5.27. The number of benzene rings is 1. The normalized spacial score (nSPS) is 22.3. The van der Waals surface area contributed by atoms with Gasteiger partial charge in [0.25, 0.3) is 0 Å². The van der Waals surface area contributed by atoms with Crippen molar-refractivity contribution in [1.82, 2.24) is 0 Å². The van der Waals surface area contributed by atoms with Crippen molar-refractivity contribution in [3.63, 3.8) is 0 Å². The molecular weight excluding hydrogens is 240 g/mol. The standard InChI is InChI=1S/C15H21N2O2/c1-10-4-3-5-14(11(10)2)17-12-6-7-13(8-12)19-15(18)9-16/h4-5,12-13,17H,6-9,16H2,1-2H3. The first-order valence-corrected chi connectivity index (χ1v) is 6.73. The van der Waals surface area contributed by atoms with Crippen LogP contribution in [0, 0.1) is 19.9 Å². The number of hydrogen-bond donors (Lipinski definition) is 2. The summed E-state index contributed by atoms with van der Waals surface area (Å²) in [6, 6.07) is 7.44. The number of aryl methyl sites for hydroxylation is 1. The summed E-state index contributed by atoms with van der Waals surface area (Å²) in [5, 5.41) is 3.52. The molecule has 4 heteroatoms. The summed E-state index contributed by atoms with van der Waals surface area (Å²) in [7, 11) is 0. The van der Waals surface area contributed by atoms with Gasteiger partial charge < -0.3 is 15.8 Å². The second-order valence-corrected chi connectivity index (χ2v) is 5.15. The third-order valence-electron chi connectivity index (χ3n) is 3.73. The number of esters is 1. The number of ether oxygens (including phenoxy) is 1. The molecule has 0 aromatic heterocycles. The zero-order valence-corrected chi connectivity index (χ0v) is 11.5. The topological polar surface area (TPSA) is 64.3 Å². The van der Waals surface area contributed by atoms with Gasteiger partial charge in [0.1, 0.15) is 6.10 Å². The highest BCUT2D eigenvalue weighted by Crippen LogP contribution is 2.27. The average Bonchev–Trinajstić information content (AvgIpc) is 2.82. The van der Waals surface area contributed by atoms with Crippen LogP contribution in [0.25, 0.3) is 0 Å². The van der Waals surface area contributed by atoms with Gasteiger partial charge in [-0.3, -0.25) is 4.79 Å². The summed E-state index contributed by atoms with van der Waals surface area (Å²) in [6.07, 6.45) is 2.76. The molecule has 0 amide bonds. The smallest absolute Gasteiger partial charge is 0.319 e. The third-order valence-corrected chi connectivity index (χ3v) is 3.73. The Kier molecular flexibility index (Phi) is 4.43. The molecule has 2 unspecified atom stereocenters. The number of anilines is 1. The number of nitrogens with one attached hydrogen (secondary N) is 1. The Bertz CT molecular complexity index is 459. The average molecular weight is 261 g/mol. The molecule has 1 aromatic carbocycles. The Morgan fingerprint density at radius 3 is 3.00 bits per heavy atom. The minimum atomic E-state index is -0.314. The molecule has 0 bridgehead atoms. The highest BCUT2D eigenvalue weighted by molar-refractivity contribution is 5.71. The lowest BCUT2D eigenvalue weighted by atomic mass is 10.1. The van der Waals surface area contributed by atoms with Crippen LogP contribution < -0.4 is 11.1 Å². The van der Waals surface area contributed by atoms with E-state index in [0.717, 1.165) is 24.9 Å². The first-order valence-electron chi connectivity index (χ1n) is 6.73. The molecule has 3 N–H and O–H groups in total. The van der Waals surface area contributed by atoms with Crippen LogP contribution in [0.5, 0.6) is 0 Å². The van der Waals surface area contributed by atoms with E-state index in [1.807, 2.05) is 12.1 Å². The zero-order chi connectivity index (χ0) is 13.8. The Labute approximate surface area is 114 Å². The van der Waals surface area contributed by atoms with Crippen LogP contribution in [0.1, 0.15) is 30.4 Å². The number of rotatable bonds is 4. The predicted octanol–water partition coefficient (Wildman–Crippen LogP) is 1.94. The van der Waals surface area contributed by atoms with Gasteiger partial charge in [-0.15, -0.1) is 0 Å². The molecule has 0 saturated heterocycles. The second-order valence-electron chi connectivity index (χ2n) is 5.15. The second kappa shape index (κ2) is 6.06. The third kappa shape index (κ3) is 3.47. The van der Waals surface area contributed by atoms with Gasteiger partial charge in [0.15, 0.2) is 0 Å². The van der Waals surface area contributed by atoms with Crippen molar-refractivity contribution < 1.29 is 9.53 Å². The van der Waals surface area contributed by atoms with Crippen LogP contribution in [-0.2, 0) is 9.53 Å². The molecule has 0 heterocycles. The minimum Gasteiger partial charge on any atom is -0.461 e. The molecule has 1 aromatic rings. The van der Waals surface area contributed by atoms with E-state index in [2.05, 4.69) is 25.2 Å². The molecule has 1 saturated carbocycles. The fraction of sp³-hybridized carbons (Fsp3) is 0.533. The maximum absolute atomic E-state index is 11.2. The predicted molar refractivity (Wildman–Crippen MR) is 74.9 cm³/mol. The van der Waals surface area contributed by atoms with Crippen molar-refractivity contribution in [3.05, 3.63) is 29.3 Å². The SMILES string of the molecule is Cc1c[c]cc(NC2CCC(OC(=O)CN)C2)c1C. The van der Waals surface area contributed by atoms with Gasteiger partial charge in [-0.25, -0.2) is 0 Å². The van der Waals surface area contributed by atoms with Gasteiger partial charge >= 0.3 is 5.97 Å². The summed E-state index contributed by atoms with van der Waals surface area (Å²) in [5.41, 5.74) is 8.85. The highest BCUT2D eigenvalue weighted by atomic mass is 16.5. The fourth-order valence-electron chi connectivity index (χ4n) is 2.46. The number of carbonyl (C=O) groups is 1. The molecule has 0 spiro atoms. The number of carbonyl (C=O) groups excluding carboxylic acids is 1. The van der Waals surface area contributed by atoms with Gasteiger partial charge in [0.2, 0.25) is 0 Å². The first kappa shape index (κ1) is 13.9. The number of nitrogens with two attached hydrogens (primary N) is 1. The first-order chi connectivity index (χ1) is 9.10. The Balaban J connectivity index is 1.91. The van der Waals surface area contributed by atoms with E-state index in [9.17, 15) is 4.79 Å². The van der Waals surface area contributed by atoms with Crippen LogP contribution >= 0.6 is 0 Å². The number of hydrogen-bond acceptors (Lipinski definition) is 4. The minimum absolute atomic E-state index is 0.00245. The van der Waals surface area contributed by atoms with Gasteiger partial charge in [-0.05, 0) is 49.9 Å². The van der Waals surface area contributed by atoms with Crippen LogP contribution in [0.3, 0.4) is 0 Å². The van der Waals surface area contributed by atoms with E-state index in [1.165, 1.54) is 11.1 Å². The monoisotopic (exact) mass is 261 g/mol. The van der Waals surface area contributed by atoms with Crippen LogP contribution in [-0.4, -0.2) is 24.7 Å². The van der Waals surface area contributed by atoms with Crippen molar-refractivity contribution in [2.75, 3.05) is 11.9 Å². The molecule has 1 radical (unpaired) electrons. The summed E-state index contributed by atoms with van der Waals surface area (Å²) >= 11 is 0. The van der Waals surface area contributed by atoms with Gasteiger partial charge in [-0.1, -0.05) is 6.07 Å². The summed E-state index contributed by atoms with van der Waals surface area (Å²) in [5.74, 6) is -0.314. The van der Waals surface area contributed by atoms with E-state index in [0.29, 0.717) is 6.04 Å². The maximum Gasteiger partial charge on any atom is 0.319 e. The van der Waals surface area contributed by atoms with E-state index < -0.39 is 0 Å². The van der Waals surface area contributed by atoms with Crippen molar-refractivity contribution >= 4 is 11.7 Å². The molecule has 1 aliphatic rings. The lowest BCUT2D eigenvalue weighted by molar-refractivity contribution is -0.146.